The van der Waals surface area contributed by atoms with Gasteiger partial charge in [-0.1, -0.05) is 26.0 Å². The highest BCUT2D eigenvalue weighted by atomic mass is 35.5. The maximum Gasteiger partial charge on any atom is 0.415 e. The first-order chi connectivity index (χ1) is 12.9. The average Bonchev–Trinajstić information content (AvgIpc) is 3.03. The number of anilines is 2. The van der Waals surface area contributed by atoms with Crippen LogP contribution in [-0.2, 0) is 4.74 Å². The highest BCUT2D eigenvalue weighted by Gasteiger charge is 2.37. The van der Waals surface area contributed by atoms with E-state index in [1.54, 1.807) is 12.0 Å². The third kappa shape index (κ3) is 4.65. The number of cyclic esters (lactones) is 1. The fourth-order valence-corrected chi connectivity index (χ4v) is 3.12. The molecular formula is C20H27ClN4O3. The van der Waals surface area contributed by atoms with Crippen LogP contribution in [0.15, 0.2) is 30.3 Å². The van der Waals surface area contributed by atoms with Crippen LogP contribution in [0.5, 0.6) is 5.75 Å². The zero-order chi connectivity index (χ0) is 19.6. The van der Waals surface area contributed by atoms with E-state index in [1.807, 2.05) is 44.2 Å². The number of hydrogen-bond acceptors (Lipinski definition) is 6. The van der Waals surface area contributed by atoms with Crippen LogP contribution < -0.4 is 15.0 Å². The number of nitrogens with zero attached hydrogens (tertiary/aromatic N) is 3. The first kappa shape index (κ1) is 21.8. The second kappa shape index (κ2) is 9.10. The number of aromatic nitrogens is 2. The molecule has 0 aliphatic carbocycles. The van der Waals surface area contributed by atoms with Crippen molar-refractivity contribution in [3.63, 3.8) is 0 Å². The molecule has 7 nitrogen and oxygen atoms in total. The van der Waals surface area contributed by atoms with Crippen molar-refractivity contribution in [2.75, 3.05) is 23.9 Å². The molecule has 1 aromatic heterocycles. The van der Waals surface area contributed by atoms with Crippen molar-refractivity contribution in [3.8, 4) is 5.75 Å². The smallest absolute Gasteiger partial charge is 0.415 e. The van der Waals surface area contributed by atoms with E-state index in [-0.39, 0.29) is 36.5 Å². The van der Waals surface area contributed by atoms with Gasteiger partial charge >= 0.3 is 6.09 Å². The maximum absolute atomic E-state index is 12.2. The summed E-state index contributed by atoms with van der Waals surface area (Å²) in [6.45, 7) is 8.43. The summed E-state index contributed by atoms with van der Waals surface area (Å²) in [5, 5.41) is 3.32. The highest BCUT2D eigenvalue weighted by Crippen LogP contribution is 2.28. The zero-order valence-corrected chi connectivity index (χ0v) is 17.6. The molecule has 3 rings (SSSR count). The number of amides is 1. The Morgan fingerprint density at radius 3 is 2.68 bits per heavy atom. The number of nitrogens with one attached hydrogen (secondary N) is 1. The Morgan fingerprint density at radius 1 is 1.25 bits per heavy atom. The summed E-state index contributed by atoms with van der Waals surface area (Å²) >= 11 is 0. The minimum Gasteiger partial charge on any atom is -0.497 e. The lowest BCUT2D eigenvalue weighted by atomic mass is 10.0. The predicted molar refractivity (Wildman–Crippen MR) is 112 cm³/mol. The first-order valence-corrected chi connectivity index (χ1v) is 9.11. The van der Waals surface area contributed by atoms with Gasteiger partial charge in [0.2, 0.25) is 5.95 Å². The summed E-state index contributed by atoms with van der Waals surface area (Å²) in [6.07, 6.45) is -0.362. The van der Waals surface area contributed by atoms with Gasteiger partial charge in [-0.25, -0.2) is 9.78 Å². The normalized spacial score (nSPS) is 17.1. The summed E-state index contributed by atoms with van der Waals surface area (Å²) < 4.78 is 10.5. The molecule has 2 aromatic rings. The van der Waals surface area contributed by atoms with Crippen LogP contribution in [0.1, 0.15) is 38.1 Å². The lowest BCUT2D eigenvalue weighted by Gasteiger charge is -2.24. The van der Waals surface area contributed by atoms with Gasteiger partial charge in [0, 0.05) is 11.8 Å². The molecule has 0 saturated carbocycles. The Balaban J connectivity index is 0.00000280. The van der Waals surface area contributed by atoms with Crippen LogP contribution in [0.25, 0.3) is 0 Å². The first-order valence-electron chi connectivity index (χ1n) is 9.11. The Hall–Kier alpha value is -2.54. The van der Waals surface area contributed by atoms with Crippen molar-refractivity contribution < 1.29 is 14.3 Å². The molecule has 0 bridgehead atoms. The van der Waals surface area contributed by atoms with Gasteiger partial charge in [-0.3, -0.25) is 4.90 Å². The lowest BCUT2D eigenvalue weighted by molar-refractivity contribution is 0.177. The molecule has 1 unspecified atom stereocenters. The topological polar surface area (TPSA) is 76.6 Å². The standard InChI is InChI=1S/C20H26N4O3.ClH/c1-12(2)17-11-27-20(25)24(17)18-9-13(3)21-19(23-18)22-14(4)15-7-6-8-16(10-15)26-5;/h6-10,12,14,17H,11H2,1-5H3,(H,21,22,23);1H/t14-,17?;/m0./s1. The number of benzene rings is 1. The number of carbonyl (C=O) groups excluding carboxylic acids is 1. The number of halogens is 1. The van der Waals surface area contributed by atoms with Crippen LogP contribution in [0, 0.1) is 12.8 Å². The summed E-state index contributed by atoms with van der Waals surface area (Å²) in [5.41, 5.74) is 1.84. The van der Waals surface area contributed by atoms with Crippen molar-refractivity contribution in [2.45, 2.75) is 39.8 Å². The van der Waals surface area contributed by atoms with Crippen molar-refractivity contribution in [1.29, 1.82) is 0 Å². The van der Waals surface area contributed by atoms with Crippen molar-refractivity contribution in [2.24, 2.45) is 5.92 Å². The predicted octanol–water partition coefficient (Wildman–Crippen LogP) is 4.37. The SMILES string of the molecule is COc1cccc([C@H](C)Nc2nc(C)cc(N3C(=O)OCC3C(C)C)n2)c1.Cl. The maximum atomic E-state index is 12.2. The minimum absolute atomic E-state index is 0. The molecule has 1 aromatic carbocycles. The molecular weight excluding hydrogens is 380 g/mol. The number of carbonyl (C=O) groups is 1. The summed E-state index contributed by atoms with van der Waals surface area (Å²) in [6, 6.07) is 9.59. The van der Waals surface area contributed by atoms with Crippen LogP contribution in [0.4, 0.5) is 16.6 Å². The van der Waals surface area contributed by atoms with Gasteiger partial charge in [0.1, 0.15) is 18.2 Å². The minimum atomic E-state index is -0.362. The Labute approximate surface area is 171 Å². The number of hydrogen-bond donors (Lipinski definition) is 1. The monoisotopic (exact) mass is 406 g/mol. The fourth-order valence-electron chi connectivity index (χ4n) is 3.12. The second-order valence-corrected chi connectivity index (χ2v) is 7.09. The lowest BCUT2D eigenvalue weighted by Crippen LogP contribution is -2.38. The molecule has 1 N–H and O–H groups in total. The van der Waals surface area contributed by atoms with E-state index in [2.05, 4.69) is 29.1 Å². The quantitative estimate of drug-likeness (QED) is 0.767. The number of ether oxygens (including phenoxy) is 2. The molecule has 2 atom stereocenters. The summed E-state index contributed by atoms with van der Waals surface area (Å²) in [5.74, 6) is 2.09. The zero-order valence-electron chi connectivity index (χ0n) is 16.8. The van der Waals surface area contributed by atoms with Crippen LogP contribution in [-0.4, -0.2) is 35.8 Å². The Kier molecular flexibility index (Phi) is 7.07. The average molecular weight is 407 g/mol. The van der Waals surface area contributed by atoms with Gasteiger partial charge in [0.05, 0.1) is 19.2 Å². The van der Waals surface area contributed by atoms with E-state index in [1.165, 1.54) is 0 Å². The van der Waals surface area contributed by atoms with E-state index in [9.17, 15) is 4.79 Å². The van der Waals surface area contributed by atoms with E-state index in [0.717, 1.165) is 17.0 Å². The third-order valence-corrected chi connectivity index (χ3v) is 4.70. The summed E-state index contributed by atoms with van der Waals surface area (Å²) in [7, 11) is 1.65. The molecule has 1 aliphatic heterocycles. The fraction of sp³-hybridized carbons (Fsp3) is 0.450. The van der Waals surface area contributed by atoms with E-state index in [0.29, 0.717) is 18.4 Å². The molecule has 28 heavy (non-hydrogen) atoms. The summed E-state index contributed by atoms with van der Waals surface area (Å²) in [4.78, 5) is 22.9. The number of rotatable bonds is 6. The molecule has 1 saturated heterocycles. The van der Waals surface area contributed by atoms with Gasteiger partial charge in [-0.2, -0.15) is 4.98 Å². The van der Waals surface area contributed by atoms with E-state index < -0.39 is 0 Å². The third-order valence-electron chi connectivity index (χ3n) is 4.70. The number of aryl methyl sites for hydroxylation is 1. The highest BCUT2D eigenvalue weighted by molar-refractivity contribution is 5.89. The number of methoxy groups -OCH3 is 1. The Bertz CT molecular complexity index is 831. The van der Waals surface area contributed by atoms with Crippen molar-refractivity contribution in [3.05, 3.63) is 41.6 Å². The van der Waals surface area contributed by atoms with E-state index >= 15 is 0 Å². The largest absolute Gasteiger partial charge is 0.497 e. The molecule has 1 amide bonds. The van der Waals surface area contributed by atoms with Gasteiger partial charge in [0.25, 0.3) is 0 Å². The van der Waals surface area contributed by atoms with Gasteiger partial charge in [0.15, 0.2) is 0 Å². The molecule has 1 fully saturated rings. The second-order valence-electron chi connectivity index (χ2n) is 7.09. The van der Waals surface area contributed by atoms with Gasteiger partial charge in [-0.05, 0) is 37.5 Å². The van der Waals surface area contributed by atoms with Crippen molar-refractivity contribution in [1.82, 2.24) is 9.97 Å². The van der Waals surface area contributed by atoms with Gasteiger partial charge < -0.3 is 14.8 Å². The van der Waals surface area contributed by atoms with E-state index in [4.69, 9.17) is 9.47 Å². The molecule has 1 aliphatic rings. The van der Waals surface area contributed by atoms with Crippen LogP contribution in [0.2, 0.25) is 0 Å². The molecule has 2 heterocycles. The van der Waals surface area contributed by atoms with Crippen molar-refractivity contribution >= 4 is 30.3 Å². The Morgan fingerprint density at radius 2 is 2.00 bits per heavy atom. The molecule has 0 spiro atoms. The van der Waals surface area contributed by atoms with Crippen LogP contribution in [0.3, 0.4) is 0 Å². The molecule has 0 radical (unpaired) electrons. The molecule has 8 heteroatoms. The van der Waals surface area contributed by atoms with Crippen LogP contribution >= 0.6 is 12.4 Å². The molecule has 152 valence electrons. The van der Waals surface area contributed by atoms with Gasteiger partial charge in [-0.15, -0.1) is 12.4 Å².